The molecular weight excluding hydrogens is 424 g/mol. The van der Waals surface area contributed by atoms with E-state index >= 15 is 0 Å². The lowest BCUT2D eigenvalue weighted by Crippen LogP contribution is -2.24. The van der Waals surface area contributed by atoms with Crippen molar-refractivity contribution in [2.45, 2.75) is 27.3 Å². The molecule has 9 nitrogen and oxygen atoms in total. The summed E-state index contributed by atoms with van der Waals surface area (Å²) < 4.78 is 12.8. The van der Waals surface area contributed by atoms with E-state index in [2.05, 4.69) is 10.4 Å². The Labute approximate surface area is 189 Å². The maximum Gasteiger partial charge on any atom is 0.311 e. The van der Waals surface area contributed by atoms with Crippen LogP contribution >= 0.6 is 0 Å². The number of furan rings is 1. The van der Waals surface area contributed by atoms with E-state index in [0.717, 1.165) is 11.1 Å². The Balaban J connectivity index is 1.79. The molecule has 0 bridgehead atoms. The molecule has 4 aromatic rings. The van der Waals surface area contributed by atoms with E-state index in [-0.39, 0.29) is 29.6 Å². The van der Waals surface area contributed by atoms with Crippen molar-refractivity contribution in [2.24, 2.45) is 0 Å². The fourth-order valence-corrected chi connectivity index (χ4v) is 3.41. The molecule has 0 saturated heterocycles. The van der Waals surface area contributed by atoms with Crippen LogP contribution in [0.2, 0.25) is 0 Å². The van der Waals surface area contributed by atoms with Gasteiger partial charge in [-0.2, -0.15) is 9.78 Å². The highest BCUT2D eigenvalue weighted by Gasteiger charge is 2.26. The van der Waals surface area contributed by atoms with E-state index in [1.165, 1.54) is 23.1 Å². The molecule has 1 N–H and O–H groups in total. The highest BCUT2D eigenvalue weighted by molar-refractivity contribution is 5.94. The summed E-state index contributed by atoms with van der Waals surface area (Å²) in [6, 6.07) is 15.3. The van der Waals surface area contributed by atoms with Crippen LogP contribution < -0.4 is 10.1 Å². The van der Waals surface area contributed by atoms with Gasteiger partial charge in [0.25, 0.3) is 5.91 Å². The molecule has 2 aromatic carbocycles. The quantitative estimate of drug-likeness (QED) is 0.315. The summed E-state index contributed by atoms with van der Waals surface area (Å²) in [5.41, 5.74) is 3.09. The fraction of sp³-hybridized carbons (Fsp3) is 0.167. The minimum absolute atomic E-state index is 0.0552. The monoisotopic (exact) mass is 446 g/mol. The van der Waals surface area contributed by atoms with Gasteiger partial charge in [-0.05, 0) is 56.2 Å². The van der Waals surface area contributed by atoms with Crippen molar-refractivity contribution in [3.05, 3.63) is 99.1 Å². The number of nitro benzene ring substituents is 1. The maximum absolute atomic E-state index is 12.9. The number of nitro groups is 1. The third-order valence-electron chi connectivity index (χ3n) is 5.36. The van der Waals surface area contributed by atoms with Gasteiger partial charge in [-0.1, -0.05) is 24.3 Å². The third kappa shape index (κ3) is 4.33. The van der Waals surface area contributed by atoms with Crippen molar-refractivity contribution in [3.63, 3.8) is 0 Å². The highest BCUT2D eigenvalue weighted by Crippen LogP contribution is 2.35. The zero-order valence-electron chi connectivity index (χ0n) is 18.4. The summed E-state index contributed by atoms with van der Waals surface area (Å²) in [7, 11) is 0. The lowest BCUT2D eigenvalue weighted by Gasteiger charge is -2.13. The number of hydrogen-bond donors (Lipinski definition) is 1. The SMILES string of the molecule is Cc1cccc(-n2nc(C(=O)NCc3ccco3)c(C)c2Oc2ccccc2[N+](=O)[O-])c1C. The highest BCUT2D eigenvalue weighted by atomic mass is 16.6. The molecule has 0 atom stereocenters. The van der Waals surface area contributed by atoms with Crippen LogP contribution in [0.3, 0.4) is 0 Å². The standard InChI is InChI=1S/C24H22N4O5/c1-15-8-6-11-19(16(15)2)27-24(33-21-12-5-4-10-20(21)28(30)31)17(3)22(26-27)23(29)25-14-18-9-7-13-32-18/h4-13H,14H2,1-3H3,(H,25,29). The van der Waals surface area contributed by atoms with Crippen LogP contribution in [0.15, 0.2) is 65.3 Å². The number of nitrogens with one attached hydrogen (secondary N) is 1. The molecule has 0 aliphatic carbocycles. The minimum Gasteiger partial charge on any atom is -0.467 e. The zero-order valence-corrected chi connectivity index (χ0v) is 18.4. The van der Waals surface area contributed by atoms with E-state index in [9.17, 15) is 14.9 Å². The third-order valence-corrected chi connectivity index (χ3v) is 5.36. The van der Waals surface area contributed by atoms with Gasteiger partial charge in [0, 0.05) is 11.6 Å². The summed E-state index contributed by atoms with van der Waals surface area (Å²) in [5, 5.41) is 18.8. The second-order valence-corrected chi connectivity index (χ2v) is 7.50. The molecule has 168 valence electrons. The number of aryl methyl sites for hydroxylation is 1. The molecular formula is C24H22N4O5. The largest absolute Gasteiger partial charge is 0.467 e. The van der Waals surface area contributed by atoms with Gasteiger partial charge in [0.05, 0.1) is 23.4 Å². The van der Waals surface area contributed by atoms with Gasteiger partial charge in [0.2, 0.25) is 11.6 Å². The number of nitrogens with zero attached hydrogens (tertiary/aromatic N) is 3. The second-order valence-electron chi connectivity index (χ2n) is 7.50. The molecule has 0 radical (unpaired) electrons. The van der Waals surface area contributed by atoms with Crippen molar-refractivity contribution in [3.8, 4) is 17.3 Å². The normalized spacial score (nSPS) is 10.8. The van der Waals surface area contributed by atoms with E-state index < -0.39 is 10.8 Å². The summed E-state index contributed by atoms with van der Waals surface area (Å²) in [5.74, 6) is 0.465. The average molecular weight is 446 g/mol. The molecule has 0 fully saturated rings. The molecule has 33 heavy (non-hydrogen) atoms. The summed E-state index contributed by atoms with van der Waals surface area (Å²) in [6.07, 6.45) is 1.53. The Hall–Kier alpha value is -4.40. The first-order chi connectivity index (χ1) is 15.9. The van der Waals surface area contributed by atoms with E-state index in [0.29, 0.717) is 17.0 Å². The van der Waals surface area contributed by atoms with E-state index in [1.807, 2.05) is 32.0 Å². The van der Waals surface area contributed by atoms with E-state index in [4.69, 9.17) is 9.15 Å². The Morgan fingerprint density at radius 1 is 1.09 bits per heavy atom. The second kappa shape index (κ2) is 8.99. The summed E-state index contributed by atoms with van der Waals surface area (Å²) in [4.78, 5) is 23.9. The number of benzene rings is 2. The Kier molecular flexibility index (Phi) is 5.95. The molecule has 0 saturated carbocycles. The predicted molar refractivity (Wildman–Crippen MR) is 121 cm³/mol. The van der Waals surface area contributed by atoms with Gasteiger partial charge >= 0.3 is 5.69 Å². The van der Waals surface area contributed by atoms with Gasteiger partial charge in [0.1, 0.15) is 5.76 Å². The molecule has 4 rings (SSSR count). The van der Waals surface area contributed by atoms with Crippen molar-refractivity contribution >= 4 is 11.6 Å². The van der Waals surface area contributed by atoms with E-state index in [1.54, 1.807) is 31.2 Å². The molecule has 2 heterocycles. The van der Waals surface area contributed by atoms with Gasteiger partial charge < -0.3 is 14.5 Å². The number of hydrogen-bond acceptors (Lipinski definition) is 6. The lowest BCUT2D eigenvalue weighted by atomic mass is 10.1. The zero-order chi connectivity index (χ0) is 23.5. The first kappa shape index (κ1) is 21.8. The first-order valence-corrected chi connectivity index (χ1v) is 10.2. The van der Waals surface area contributed by atoms with Gasteiger partial charge in [0.15, 0.2) is 5.69 Å². The molecule has 0 aliphatic rings. The number of para-hydroxylation sites is 2. The van der Waals surface area contributed by atoms with Gasteiger partial charge in [-0.3, -0.25) is 14.9 Å². The van der Waals surface area contributed by atoms with Crippen LogP contribution in [-0.2, 0) is 6.54 Å². The van der Waals surface area contributed by atoms with Crippen molar-refractivity contribution < 1.29 is 18.9 Å². The van der Waals surface area contributed by atoms with Crippen LogP contribution in [0.1, 0.15) is 32.9 Å². The number of carbonyl (C=O) groups excluding carboxylic acids is 1. The number of amides is 1. The maximum atomic E-state index is 12.9. The number of rotatable bonds is 7. The molecule has 0 unspecified atom stereocenters. The topological polar surface area (TPSA) is 112 Å². The van der Waals surface area contributed by atoms with Crippen molar-refractivity contribution in [1.82, 2.24) is 15.1 Å². The van der Waals surface area contributed by atoms with Crippen LogP contribution in [0.25, 0.3) is 5.69 Å². The number of aromatic nitrogens is 2. The average Bonchev–Trinajstić information content (AvgIpc) is 3.43. The van der Waals surface area contributed by atoms with Crippen LogP contribution in [0.5, 0.6) is 11.6 Å². The Morgan fingerprint density at radius 3 is 2.61 bits per heavy atom. The van der Waals surface area contributed by atoms with Crippen LogP contribution in [0.4, 0.5) is 5.69 Å². The number of ether oxygens (including phenoxy) is 1. The lowest BCUT2D eigenvalue weighted by molar-refractivity contribution is -0.385. The predicted octanol–water partition coefficient (Wildman–Crippen LogP) is 5.02. The van der Waals surface area contributed by atoms with Gasteiger partial charge in [-0.25, -0.2) is 0 Å². The molecule has 1 amide bonds. The molecule has 9 heteroatoms. The fourth-order valence-electron chi connectivity index (χ4n) is 3.41. The van der Waals surface area contributed by atoms with Crippen LogP contribution in [0, 0.1) is 30.9 Å². The molecule has 2 aromatic heterocycles. The van der Waals surface area contributed by atoms with Crippen LogP contribution in [-0.4, -0.2) is 20.6 Å². The first-order valence-electron chi connectivity index (χ1n) is 10.2. The molecule has 0 aliphatic heterocycles. The minimum atomic E-state index is -0.514. The van der Waals surface area contributed by atoms with Crippen molar-refractivity contribution in [2.75, 3.05) is 0 Å². The summed E-state index contributed by atoms with van der Waals surface area (Å²) >= 11 is 0. The smallest absolute Gasteiger partial charge is 0.311 e. The van der Waals surface area contributed by atoms with Crippen molar-refractivity contribution in [1.29, 1.82) is 0 Å². The Bertz CT molecular complexity index is 1320. The molecule has 0 spiro atoms. The van der Waals surface area contributed by atoms with Gasteiger partial charge in [-0.15, -0.1) is 0 Å². The number of carbonyl (C=O) groups is 1. The summed E-state index contributed by atoms with van der Waals surface area (Å²) in [6.45, 7) is 5.80. The Morgan fingerprint density at radius 2 is 1.88 bits per heavy atom.